The number of thiophene rings is 1. The smallest absolute Gasteiger partial charge is 0.258 e. The van der Waals surface area contributed by atoms with Gasteiger partial charge in [0.15, 0.2) is 6.61 Å². The molecule has 0 aliphatic carbocycles. The normalized spacial score (nSPS) is 11.7. The van der Waals surface area contributed by atoms with Crippen LogP contribution in [0.25, 0.3) is 0 Å². The van der Waals surface area contributed by atoms with Crippen LogP contribution in [0.15, 0.2) is 41.8 Å². The molecule has 0 saturated carbocycles. The van der Waals surface area contributed by atoms with E-state index in [1.807, 2.05) is 23.6 Å². The molecule has 0 unspecified atom stereocenters. The summed E-state index contributed by atoms with van der Waals surface area (Å²) in [5.41, 5.74) is 0.425. The van der Waals surface area contributed by atoms with Crippen LogP contribution in [0.3, 0.4) is 0 Å². The topological polar surface area (TPSA) is 62.1 Å². The van der Waals surface area contributed by atoms with Crippen molar-refractivity contribution in [2.45, 2.75) is 19.9 Å². The van der Waals surface area contributed by atoms with Crippen molar-refractivity contribution in [1.29, 1.82) is 5.26 Å². The summed E-state index contributed by atoms with van der Waals surface area (Å²) in [4.78, 5) is 13.2. The van der Waals surface area contributed by atoms with E-state index in [0.29, 0.717) is 11.3 Å². The molecule has 5 heteroatoms. The predicted octanol–water partition coefficient (Wildman–Crippen LogP) is 3.51. The standard InChI is InChI=1S/C17H18N2O2S/c1-12(2)17(15-8-5-9-22-15)19-16(20)11-21-14-7-4-3-6-13(14)10-18/h3-9,12,17H,11H2,1-2H3,(H,19,20)/t17-/m1/s1. The first-order valence-corrected chi connectivity index (χ1v) is 7.94. The lowest BCUT2D eigenvalue weighted by atomic mass is 10.0. The van der Waals surface area contributed by atoms with Crippen LogP contribution < -0.4 is 10.1 Å². The average molecular weight is 314 g/mol. The molecule has 1 amide bonds. The number of ether oxygens (including phenoxy) is 1. The third-order valence-electron chi connectivity index (χ3n) is 3.20. The Bertz CT molecular complexity index is 660. The van der Waals surface area contributed by atoms with Gasteiger partial charge in [0.25, 0.3) is 5.91 Å². The summed E-state index contributed by atoms with van der Waals surface area (Å²) in [5, 5.41) is 14.0. The van der Waals surface area contributed by atoms with Gasteiger partial charge in [0, 0.05) is 4.88 Å². The number of carbonyl (C=O) groups excluding carboxylic acids is 1. The molecule has 2 aromatic rings. The molecule has 0 radical (unpaired) electrons. The SMILES string of the molecule is CC(C)[C@@H](NC(=O)COc1ccccc1C#N)c1cccs1. The third-order valence-corrected chi connectivity index (χ3v) is 4.15. The highest BCUT2D eigenvalue weighted by Crippen LogP contribution is 2.25. The van der Waals surface area contributed by atoms with E-state index < -0.39 is 0 Å². The third kappa shape index (κ3) is 4.09. The van der Waals surface area contributed by atoms with Gasteiger partial charge in [0.2, 0.25) is 0 Å². The maximum absolute atomic E-state index is 12.1. The minimum absolute atomic E-state index is 0.0256. The van der Waals surface area contributed by atoms with Crippen molar-refractivity contribution >= 4 is 17.2 Å². The van der Waals surface area contributed by atoms with Gasteiger partial charge in [-0.05, 0) is 29.5 Å². The molecule has 0 fully saturated rings. The molecule has 1 aromatic heterocycles. The number of hydrogen-bond acceptors (Lipinski definition) is 4. The number of nitrogens with zero attached hydrogens (tertiary/aromatic N) is 1. The number of nitriles is 1. The molecular weight excluding hydrogens is 296 g/mol. The number of hydrogen-bond donors (Lipinski definition) is 1. The van der Waals surface area contributed by atoms with Crippen molar-refractivity contribution in [3.05, 3.63) is 52.2 Å². The lowest BCUT2D eigenvalue weighted by molar-refractivity contribution is -0.124. The van der Waals surface area contributed by atoms with Gasteiger partial charge in [0.1, 0.15) is 11.8 Å². The zero-order chi connectivity index (χ0) is 15.9. The largest absolute Gasteiger partial charge is 0.482 e. The lowest BCUT2D eigenvalue weighted by Crippen LogP contribution is -2.34. The van der Waals surface area contributed by atoms with E-state index in [4.69, 9.17) is 10.00 Å². The van der Waals surface area contributed by atoms with Crippen molar-refractivity contribution in [3.63, 3.8) is 0 Å². The summed E-state index contributed by atoms with van der Waals surface area (Å²) in [5.74, 6) is 0.520. The Morgan fingerprint density at radius 1 is 1.32 bits per heavy atom. The van der Waals surface area contributed by atoms with E-state index >= 15 is 0 Å². The van der Waals surface area contributed by atoms with Gasteiger partial charge in [-0.3, -0.25) is 4.79 Å². The number of amides is 1. The Kier molecular flexibility index (Phi) is 5.56. The Morgan fingerprint density at radius 3 is 2.73 bits per heavy atom. The zero-order valence-corrected chi connectivity index (χ0v) is 13.4. The van der Waals surface area contributed by atoms with E-state index in [1.54, 1.807) is 35.6 Å². The van der Waals surface area contributed by atoms with Crippen LogP contribution >= 0.6 is 11.3 Å². The number of nitrogens with one attached hydrogen (secondary N) is 1. The number of carbonyl (C=O) groups is 1. The summed E-state index contributed by atoms with van der Waals surface area (Å²) in [7, 11) is 0. The maximum atomic E-state index is 12.1. The minimum Gasteiger partial charge on any atom is -0.482 e. The summed E-state index contributed by atoms with van der Waals surface area (Å²) in [6, 6.07) is 12.9. The van der Waals surface area contributed by atoms with Crippen molar-refractivity contribution in [2.24, 2.45) is 5.92 Å². The fraction of sp³-hybridized carbons (Fsp3) is 0.294. The number of rotatable bonds is 6. The Balaban J connectivity index is 1.96. The van der Waals surface area contributed by atoms with E-state index in [-0.39, 0.29) is 24.5 Å². The van der Waals surface area contributed by atoms with Gasteiger partial charge >= 0.3 is 0 Å². The zero-order valence-electron chi connectivity index (χ0n) is 12.6. The summed E-state index contributed by atoms with van der Waals surface area (Å²) >= 11 is 1.62. The minimum atomic E-state index is -0.195. The van der Waals surface area contributed by atoms with Crippen molar-refractivity contribution < 1.29 is 9.53 Å². The molecule has 0 aliphatic heterocycles. The van der Waals surface area contributed by atoms with Gasteiger partial charge in [-0.25, -0.2) is 0 Å². The second-order valence-electron chi connectivity index (χ2n) is 5.20. The van der Waals surface area contributed by atoms with Crippen LogP contribution in [0.4, 0.5) is 0 Å². The summed E-state index contributed by atoms with van der Waals surface area (Å²) in [6.07, 6.45) is 0. The Hall–Kier alpha value is -2.32. The molecule has 0 bridgehead atoms. The van der Waals surface area contributed by atoms with Gasteiger partial charge < -0.3 is 10.1 Å². The van der Waals surface area contributed by atoms with E-state index in [1.165, 1.54) is 0 Å². The molecule has 0 aliphatic rings. The number of para-hydroxylation sites is 1. The molecule has 22 heavy (non-hydrogen) atoms. The monoisotopic (exact) mass is 314 g/mol. The highest BCUT2D eigenvalue weighted by Gasteiger charge is 2.19. The van der Waals surface area contributed by atoms with E-state index in [2.05, 4.69) is 19.2 Å². The first kappa shape index (κ1) is 16.1. The van der Waals surface area contributed by atoms with Gasteiger partial charge in [0.05, 0.1) is 11.6 Å². The van der Waals surface area contributed by atoms with Crippen LogP contribution in [-0.4, -0.2) is 12.5 Å². The quantitative estimate of drug-likeness (QED) is 0.887. The van der Waals surface area contributed by atoms with Crippen LogP contribution in [0.2, 0.25) is 0 Å². The Labute approximate surface area is 134 Å². The molecule has 0 spiro atoms. The second kappa shape index (κ2) is 7.62. The molecule has 0 saturated heterocycles. The Morgan fingerprint density at radius 2 is 2.09 bits per heavy atom. The van der Waals surface area contributed by atoms with Crippen LogP contribution in [0, 0.1) is 17.2 Å². The molecule has 1 atom stereocenters. The molecule has 114 valence electrons. The molecule has 4 nitrogen and oxygen atoms in total. The van der Waals surface area contributed by atoms with Crippen LogP contribution in [-0.2, 0) is 4.79 Å². The van der Waals surface area contributed by atoms with Crippen molar-refractivity contribution in [1.82, 2.24) is 5.32 Å². The molecule has 1 N–H and O–H groups in total. The van der Waals surface area contributed by atoms with Crippen molar-refractivity contribution in [3.8, 4) is 11.8 Å². The molecule has 2 rings (SSSR count). The molecular formula is C17H18N2O2S. The molecule has 1 heterocycles. The van der Waals surface area contributed by atoms with Crippen LogP contribution in [0.5, 0.6) is 5.75 Å². The second-order valence-corrected chi connectivity index (χ2v) is 6.18. The first-order chi connectivity index (χ1) is 10.6. The summed E-state index contributed by atoms with van der Waals surface area (Å²) in [6.45, 7) is 4.03. The summed E-state index contributed by atoms with van der Waals surface area (Å²) < 4.78 is 5.46. The van der Waals surface area contributed by atoms with Gasteiger partial charge in [-0.2, -0.15) is 5.26 Å². The predicted molar refractivity (Wildman–Crippen MR) is 86.7 cm³/mol. The molecule has 1 aromatic carbocycles. The van der Waals surface area contributed by atoms with Gasteiger partial charge in [-0.15, -0.1) is 11.3 Å². The van der Waals surface area contributed by atoms with Crippen molar-refractivity contribution in [2.75, 3.05) is 6.61 Å². The average Bonchev–Trinajstić information content (AvgIpc) is 3.04. The van der Waals surface area contributed by atoms with Crippen LogP contribution in [0.1, 0.15) is 30.3 Å². The fourth-order valence-electron chi connectivity index (χ4n) is 2.08. The van der Waals surface area contributed by atoms with E-state index in [0.717, 1.165) is 4.88 Å². The highest BCUT2D eigenvalue weighted by atomic mass is 32.1. The lowest BCUT2D eigenvalue weighted by Gasteiger charge is -2.21. The maximum Gasteiger partial charge on any atom is 0.258 e. The highest BCUT2D eigenvalue weighted by molar-refractivity contribution is 7.10. The first-order valence-electron chi connectivity index (χ1n) is 7.06. The fourth-order valence-corrected chi connectivity index (χ4v) is 3.03. The number of benzene rings is 1. The van der Waals surface area contributed by atoms with Gasteiger partial charge in [-0.1, -0.05) is 32.0 Å². The van der Waals surface area contributed by atoms with E-state index in [9.17, 15) is 4.79 Å².